The third kappa shape index (κ3) is 4.11. The Balaban J connectivity index is 1.76. The minimum atomic E-state index is 0.769. The molecule has 106 valence electrons. The second-order valence-corrected chi connectivity index (χ2v) is 6.46. The normalized spacial score (nSPS) is 31.7. The van der Waals surface area contributed by atoms with Crippen LogP contribution in [0.15, 0.2) is 0 Å². The Morgan fingerprint density at radius 3 is 2.39 bits per heavy atom. The van der Waals surface area contributed by atoms with Crippen LogP contribution in [0.5, 0.6) is 0 Å². The minimum absolute atomic E-state index is 0.769. The summed E-state index contributed by atoms with van der Waals surface area (Å²) in [5.41, 5.74) is 0. The van der Waals surface area contributed by atoms with Crippen molar-refractivity contribution in [3.63, 3.8) is 0 Å². The Kier molecular flexibility index (Phi) is 6.26. The highest BCUT2D eigenvalue weighted by Crippen LogP contribution is 2.23. The molecule has 0 aromatic heterocycles. The van der Waals surface area contributed by atoms with Gasteiger partial charge in [0.1, 0.15) is 0 Å². The fourth-order valence-electron chi connectivity index (χ4n) is 3.63. The first kappa shape index (κ1) is 14.6. The molecule has 2 unspecified atom stereocenters. The van der Waals surface area contributed by atoms with E-state index in [0.29, 0.717) is 0 Å². The largest absolute Gasteiger partial charge is 0.303 e. The Hall–Kier alpha value is 0.210. The minimum Gasteiger partial charge on any atom is -0.303 e. The zero-order chi connectivity index (χ0) is 12.8. The lowest BCUT2D eigenvalue weighted by atomic mass is 9.96. The van der Waals surface area contributed by atoms with Crippen molar-refractivity contribution >= 4 is 11.6 Å². The van der Waals surface area contributed by atoms with Crippen molar-refractivity contribution in [1.82, 2.24) is 9.80 Å². The predicted molar refractivity (Wildman–Crippen MR) is 79.4 cm³/mol. The number of alkyl halides is 1. The van der Waals surface area contributed by atoms with Gasteiger partial charge in [0.2, 0.25) is 0 Å². The Bertz CT molecular complexity index is 233. The molecule has 2 fully saturated rings. The van der Waals surface area contributed by atoms with Gasteiger partial charge in [0.25, 0.3) is 0 Å². The first-order valence-corrected chi connectivity index (χ1v) is 8.35. The van der Waals surface area contributed by atoms with Crippen molar-refractivity contribution in [1.29, 1.82) is 0 Å². The van der Waals surface area contributed by atoms with E-state index in [2.05, 4.69) is 16.8 Å². The van der Waals surface area contributed by atoms with Gasteiger partial charge in [0.15, 0.2) is 0 Å². The van der Waals surface area contributed by atoms with Crippen LogP contribution in [-0.4, -0.2) is 54.4 Å². The third-order valence-electron chi connectivity index (χ3n) is 4.86. The molecule has 0 spiro atoms. The molecule has 2 nitrogen and oxygen atoms in total. The average molecular weight is 273 g/mol. The van der Waals surface area contributed by atoms with Crippen LogP contribution in [-0.2, 0) is 0 Å². The van der Waals surface area contributed by atoms with Gasteiger partial charge in [-0.2, -0.15) is 0 Å². The van der Waals surface area contributed by atoms with Crippen LogP contribution in [0.4, 0.5) is 0 Å². The first-order valence-electron chi connectivity index (χ1n) is 7.81. The van der Waals surface area contributed by atoms with Crippen LogP contribution in [0.25, 0.3) is 0 Å². The lowest BCUT2D eigenvalue weighted by Crippen LogP contribution is -2.44. The molecule has 2 heterocycles. The number of halogens is 1. The highest BCUT2D eigenvalue weighted by molar-refractivity contribution is 6.17. The van der Waals surface area contributed by atoms with Gasteiger partial charge in [-0.3, -0.25) is 0 Å². The predicted octanol–water partition coefficient (Wildman–Crippen LogP) is 3.34. The molecule has 2 atom stereocenters. The molecule has 0 N–H and O–H groups in total. The molecule has 2 aliphatic rings. The van der Waals surface area contributed by atoms with E-state index in [1.807, 2.05) is 0 Å². The van der Waals surface area contributed by atoms with Crippen LogP contribution in [0, 0.1) is 0 Å². The molecule has 0 amide bonds. The van der Waals surface area contributed by atoms with Crippen molar-refractivity contribution in [2.45, 2.75) is 63.5 Å². The molecule has 0 saturated carbocycles. The summed E-state index contributed by atoms with van der Waals surface area (Å²) in [5, 5.41) is 0. The molecule has 2 saturated heterocycles. The van der Waals surface area contributed by atoms with Gasteiger partial charge in [-0.05, 0) is 65.2 Å². The molecule has 0 aromatic rings. The summed E-state index contributed by atoms with van der Waals surface area (Å²) in [6, 6.07) is 1.60. The molecule has 18 heavy (non-hydrogen) atoms. The topological polar surface area (TPSA) is 6.48 Å². The van der Waals surface area contributed by atoms with Crippen molar-refractivity contribution in [2.75, 3.05) is 32.6 Å². The van der Waals surface area contributed by atoms with Crippen LogP contribution >= 0.6 is 11.6 Å². The summed E-state index contributed by atoms with van der Waals surface area (Å²) in [6.45, 7) is 3.89. The van der Waals surface area contributed by atoms with Crippen LogP contribution in [0.3, 0.4) is 0 Å². The average Bonchev–Trinajstić information content (AvgIpc) is 2.40. The van der Waals surface area contributed by atoms with Gasteiger partial charge in [-0.15, -0.1) is 11.6 Å². The van der Waals surface area contributed by atoms with Gasteiger partial charge < -0.3 is 9.80 Å². The molecule has 3 heteroatoms. The number of piperidine rings is 2. The first-order chi connectivity index (χ1) is 8.81. The third-order valence-corrected chi connectivity index (χ3v) is 5.08. The summed E-state index contributed by atoms with van der Waals surface area (Å²) in [7, 11) is 2.30. The fourth-order valence-corrected chi connectivity index (χ4v) is 3.88. The maximum Gasteiger partial charge on any atom is 0.0238 e. The smallest absolute Gasteiger partial charge is 0.0238 e. The molecule has 0 bridgehead atoms. The monoisotopic (exact) mass is 272 g/mol. The fraction of sp³-hybridized carbons (Fsp3) is 1.00. The second-order valence-electron chi connectivity index (χ2n) is 6.08. The van der Waals surface area contributed by atoms with Crippen LogP contribution in [0.2, 0.25) is 0 Å². The second kappa shape index (κ2) is 7.72. The number of hydrogen-bond donors (Lipinski definition) is 0. The van der Waals surface area contributed by atoms with Gasteiger partial charge in [-0.1, -0.05) is 12.8 Å². The molecule has 0 radical (unpaired) electrons. The van der Waals surface area contributed by atoms with E-state index in [-0.39, 0.29) is 0 Å². The SMILES string of the molecule is CN1CCCCC1CCN1CCCCC1CCCl. The van der Waals surface area contributed by atoms with E-state index in [9.17, 15) is 0 Å². The Labute approximate surface area is 118 Å². The maximum atomic E-state index is 5.94. The number of likely N-dealkylation sites (tertiary alicyclic amines) is 2. The molecule has 0 aliphatic carbocycles. The van der Waals surface area contributed by atoms with E-state index < -0.39 is 0 Å². The van der Waals surface area contributed by atoms with E-state index in [0.717, 1.165) is 18.0 Å². The summed E-state index contributed by atoms with van der Waals surface area (Å²) in [5.74, 6) is 0.824. The van der Waals surface area contributed by atoms with Gasteiger partial charge >= 0.3 is 0 Å². The van der Waals surface area contributed by atoms with Crippen molar-refractivity contribution in [3.05, 3.63) is 0 Å². The molecular weight excluding hydrogens is 244 g/mol. The summed E-state index contributed by atoms with van der Waals surface area (Å²) in [4.78, 5) is 5.29. The lowest BCUT2D eigenvalue weighted by Gasteiger charge is -2.38. The zero-order valence-electron chi connectivity index (χ0n) is 11.9. The van der Waals surface area contributed by atoms with E-state index in [1.165, 1.54) is 71.0 Å². The van der Waals surface area contributed by atoms with Gasteiger partial charge in [0.05, 0.1) is 0 Å². The van der Waals surface area contributed by atoms with Crippen molar-refractivity contribution in [2.24, 2.45) is 0 Å². The standard InChI is InChI=1S/C15H29ClN2/c1-17-11-4-2-6-14(17)9-13-18-12-5-3-7-15(18)8-10-16/h14-15H,2-13H2,1H3. The highest BCUT2D eigenvalue weighted by Gasteiger charge is 2.24. The van der Waals surface area contributed by atoms with Crippen molar-refractivity contribution < 1.29 is 0 Å². The maximum absolute atomic E-state index is 5.94. The van der Waals surface area contributed by atoms with E-state index in [1.54, 1.807) is 0 Å². The molecule has 2 aliphatic heterocycles. The zero-order valence-corrected chi connectivity index (χ0v) is 12.7. The summed E-state index contributed by atoms with van der Waals surface area (Å²) in [6.07, 6.45) is 10.9. The molecule has 0 aromatic carbocycles. The van der Waals surface area contributed by atoms with Crippen molar-refractivity contribution in [3.8, 4) is 0 Å². The van der Waals surface area contributed by atoms with Crippen LogP contribution < -0.4 is 0 Å². The van der Waals surface area contributed by atoms with E-state index >= 15 is 0 Å². The summed E-state index contributed by atoms with van der Waals surface area (Å²) < 4.78 is 0. The number of nitrogens with zero attached hydrogens (tertiary/aromatic N) is 2. The number of rotatable bonds is 5. The van der Waals surface area contributed by atoms with Crippen LogP contribution in [0.1, 0.15) is 51.4 Å². The van der Waals surface area contributed by atoms with Gasteiger partial charge in [-0.25, -0.2) is 0 Å². The lowest BCUT2D eigenvalue weighted by molar-refractivity contribution is 0.110. The number of hydrogen-bond acceptors (Lipinski definition) is 2. The molecular formula is C15H29ClN2. The quantitative estimate of drug-likeness (QED) is 0.709. The van der Waals surface area contributed by atoms with Gasteiger partial charge in [0, 0.05) is 18.0 Å². The Morgan fingerprint density at radius 1 is 0.944 bits per heavy atom. The molecule has 2 rings (SSSR count). The van der Waals surface area contributed by atoms with E-state index in [4.69, 9.17) is 11.6 Å². The summed E-state index contributed by atoms with van der Waals surface area (Å²) >= 11 is 5.94. The Morgan fingerprint density at radius 2 is 1.67 bits per heavy atom. The highest BCUT2D eigenvalue weighted by atomic mass is 35.5.